The van der Waals surface area contributed by atoms with Gasteiger partial charge in [-0.15, -0.1) is 23.1 Å². The maximum atomic E-state index is 9.74. The molecule has 0 rings (SSSR count). The molecule has 1 atom stereocenters. The van der Waals surface area contributed by atoms with Gasteiger partial charge in [-0.05, 0) is 13.3 Å². The van der Waals surface area contributed by atoms with E-state index in [1.807, 2.05) is 0 Å². The summed E-state index contributed by atoms with van der Waals surface area (Å²) >= 11 is 5.56. The Morgan fingerprint density at radius 1 is 1.38 bits per heavy atom. The van der Waals surface area contributed by atoms with Crippen LogP contribution < -0.4 is 0 Å². The third kappa shape index (κ3) is 8.36. The van der Waals surface area contributed by atoms with Gasteiger partial charge in [0, 0.05) is 12.3 Å². The topological polar surface area (TPSA) is 20.2 Å². The van der Waals surface area contributed by atoms with Gasteiger partial charge in [-0.2, -0.15) is 0 Å². The molecule has 0 saturated carbocycles. The maximum Gasteiger partial charge on any atom is 0.129 e. The molecule has 0 aromatic rings. The number of rotatable bonds is 3. The predicted octanol–water partition coefficient (Wildman–Crippen LogP) is 2.64. The molecular formula is C10H19ClOSi. The summed E-state index contributed by atoms with van der Waals surface area (Å²) in [5.74, 6) is 3.54. The van der Waals surface area contributed by atoms with E-state index < -0.39 is 13.7 Å². The lowest BCUT2D eigenvalue weighted by Crippen LogP contribution is -2.24. The molecule has 0 aliphatic heterocycles. The molecule has 0 amide bonds. The minimum absolute atomic E-state index is 0.488. The van der Waals surface area contributed by atoms with Crippen LogP contribution in [0.2, 0.25) is 19.6 Å². The van der Waals surface area contributed by atoms with Crippen molar-refractivity contribution in [1.29, 1.82) is 0 Å². The Morgan fingerprint density at radius 2 is 1.92 bits per heavy atom. The van der Waals surface area contributed by atoms with E-state index in [1.54, 1.807) is 6.92 Å². The summed E-state index contributed by atoms with van der Waals surface area (Å²) in [6, 6.07) is 0. The maximum absolute atomic E-state index is 9.74. The largest absolute Gasteiger partial charge is 0.389 e. The Labute approximate surface area is 87.5 Å². The Kier molecular flexibility index (Phi) is 5.05. The van der Waals surface area contributed by atoms with Gasteiger partial charge in [0.25, 0.3) is 0 Å². The van der Waals surface area contributed by atoms with E-state index in [0.29, 0.717) is 18.7 Å². The van der Waals surface area contributed by atoms with Gasteiger partial charge in [-0.25, -0.2) is 0 Å². The quantitative estimate of drug-likeness (QED) is 0.439. The average Bonchev–Trinajstić information content (AvgIpc) is 1.82. The summed E-state index contributed by atoms with van der Waals surface area (Å²) in [6.45, 7) is 8.36. The Balaban J connectivity index is 4.05. The highest BCUT2D eigenvalue weighted by Gasteiger charge is 2.18. The summed E-state index contributed by atoms with van der Waals surface area (Å²) in [5, 5.41) is 9.74. The van der Waals surface area contributed by atoms with E-state index in [1.165, 1.54) is 0 Å². The number of alkyl halides is 1. The highest BCUT2D eigenvalue weighted by atomic mass is 35.5. The minimum atomic E-state index is -1.29. The molecule has 1 unspecified atom stereocenters. The summed E-state index contributed by atoms with van der Waals surface area (Å²) in [5.41, 5.74) is 2.51. The first-order valence-corrected chi connectivity index (χ1v) is 8.59. The Hall–Kier alpha value is 0.0269. The molecule has 1 nitrogen and oxygen atoms in total. The van der Waals surface area contributed by atoms with Crippen LogP contribution in [0.3, 0.4) is 0 Å². The molecule has 0 aliphatic carbocycles. The standard InChI is InChI=1S/C10H19ClOSi/c1-10(12,7-8-11)6-5-9-13(2,3)4/h12H,6-8H2,1-4H3. The third-order valence-corrected chi connectivity index (χ3v) is 2.68. The monoisotopic (exact) mass is 218 g/mol. The van der Waals surface area contributed by atoms with E-state index in [0.717, 1.165) is 0 Å². The first kappa shape index (κ1) is 13.0. The van der Waals surface area contributed by atoms with Crippen molar-refractivity contribution in [2.75, 3.05) is 5.88 Å². The van der Waals surface area contributed by atoms with Gasteiger partial charge >= 0.3 is 0 Å². The van der Waals surface area contributed by atoms with E-state index in [2.05, 4.69) is 31.1 Å². The molecular weight excluding hydrogens is 200 g/mol. The second kappa shape index (κ2) is 5.04. The van der Waals surface area contributed by atoms with Crippen molar-refractivity contribution >= 4 is 19.7 Å². The Morgan fingerprint density at radius 3 is 2.31 bits per heavy atom. The van der Waals surface area contributed by atoms with Crippen LogP contribution in [0.5, 0.6) is 0 Å². The van der Waals surface area contributed by atoms with Crippen molar-refractivity contribution in [3.63, 3.8) is 0 Å². The smallest absolute Gasteiger partial charge is 0.129 e. The van der Waals surface area contributed by atoms with Gasteiger partial charge in [0.15, 0.2) is 0 Å². The molecule has 0 aliphatic rings. The fraction of sp³-hybridized carbons (Fsp3) is 0.800. The molecule has 0 spiro atoms. The summed E-state index contributed by atoms with van der Waals surface area (Å²) in [6.07, 6.45) is 1.14. The lowest BCUT2D eigenvalue weighted by molar-refractivity contribution is 0.0624. The molecule has 0 aromatic carbocycles. The van der Waals surface area contributed by atoms with Gasteiger partial charge in [-0.1, -0.05) is 19.6 Å². The molecule has 0 saturated heterocycles. The van der Waals surface area contributed by atoms with Crippen LogP contribution in [-0.2, 0) is 0 Å². The fourth-order valence-electron chi connectivity index (χ4n) is 0.792. The molecule has 0 fully saturated rings. The van der Waals surface area contributed by atoms with E-state index in [9.17, 15) is 5.11 Å². The van der Waals surface area contributed by atoms with Crippen LogP contribution in [0, 0.1) is 11.5 Å². The van der Waals surface area contributed by atoms with Crippen LogP contribution in [0.4, 0.5) is 0 Å². The van der Waals surface area contributed by atoms with Crippen molar-refractivity contribution in [3.8, 4) is 11.5 Å². The van der Waals surface area contributed by atoms with Crippen LogP contribution in [0.25, 0.3) is 0 Å². The zero-order chi connectivity index (χ0) is 10.5. The summed E-state index contributed by atoms with van der Waals surface area (Å²) in [4.78, 5) is 0. The SMILES string of the molecule is CC(O)(CC#C[Si](C)(C)C)CCCl. The van der Waals surface area contributed by atoms with E-state index >= 15 is 0 Å². The molecule has 3 heteroatoms. The highest BCUT2D eigenvalue weighted by Crippen LogP contribution is 2.14. The highest BCUT2D eigenvalue weighted by molar-refractivity contribution is 6.83. The second-order valence-corrected chi connectivity index (χ2v) is 9.79. The Bertz CT molecular complexity index is 207. The van der Waals surface area contributed by atoms with Crippen LogP contribution in [-0.4, -0.2) is 24.7 Å². The summed E-state index contributed by atoms with van der Waals surface area (Å²) < 4.78 is 0. The van der Waals surface area contributed by atoms with Crippen molar-refractivity contribution in [2.24, 2.45) is 0 Å². The fourth-order valence-corrected chi connectivity index (χ4v) is 1.82. The number of hydrogen-bond acceptors (Lipinski definition) is 1. The van der Waals surface area contributed by atoms with Crippen LogP contribution >= 0.6 is 11.6 Å². The lowest BCUT2D eigenvalue weighted by atomic mass is 10.0. The van der Waals surface area contributed by atoms with Gasteiger partial charge in [0.1, 0.15) is 8.07 Å². The minimum Gasteiger partial charge on any atom is -0.389 e. The van der Waals surface area contributed by atoms with E-state index in [4.69, 9.17) is 11.6 Å². The number of halogens is 1. The molecule has 0 heterocycles. The average molecular weight is 219 g/mol. The number of aliphatic hydroxyl groups is 1. The third-order valence-electron chi connectivity index (χ3n) is 1.57. The van der Waals surface area contributed by atoms with Gasteiger partial charge < -0.3 is 5.11 Å². The first-order chi connectivity index (χ1) is 5.77. The van der Waals surface area contributed by atoms with Crippen molar-refractivity contribution in [3.05, 3.63) is 0 Å². The number of hydrogen-bond donors (Lipinski definition) is 1. The normalized spacial score (nSPS) is 15.8. The van der Waals surface area contributed by atoms with Gasteiger partial charge in [0.05, 0.1) is 5.60 Å². The first-order valence-electron chi connectivity index (χ1n) is 4.55. The molecule has 76 valence electrons. The molecule has 0 aromatic heterocycles. The van der Waals surface area contributed by atoms with Crippen LogP contribution in [0.1, 0.15) is 19.8 Å². The van der Waals surface area contributed by atoms with Crippen LogP contribution in [0.15, 0.2) is 0 Å². The van der Waals surface area contributed by atoms with Gasteiger partial charge in [0.2, 0.25) is 0 Å². The van der Waals surface area contributed by atoms with E-state index in [-0.39, 0.29) is 0 Å². The molecule has 0 bridgehead atoms. The van der Waals surface area contributed by atoms with Crippen molar-refractivity contribution < 1.29 is 5.11 Å². The van der Waals surface area contributed by atoms with Crippen molar-refractivity contribution in [2.45, 2.75) is 45.0 Å². The molecule has 13 heavy (non-hydrogen) atoms. The second-order valence-electron chi connectivity index (χ2n) is 4.66. The lowest BCUT2D eigenvalue weighted by Gasteiger charge is -2.18. The molecule has 1 N–H and O–H groups in total. The van der Waals surface area contributed by atoms with Gasteiger partial charge in [-0.3, -0.25) is 0 Å². The zero-order valence-electron chi connectivity index (χ0n) is 8.95. The molecule has 0 radical (unpaired) electrons. The van der Waals surface area contributed by atoms with Crippen molar-refractivity contribution in [1.82, 2.24) is 0 Å². The summed E-state index contributed by atoms with van der Waals surface area (Å²) in [7, 11) is -1.29. The predicted molar refractivity (Wildman–Crippen MR) is 61.7 cm³/mol. The zero-order valence-corrected chi connectivity index (χ0v) is 10.7.